The topological polar surface area (TPSA) is 0 Å². The van der Waals surface area contributed by atoms with E-state index < -0.39 is 0 Å². The van der Waals surface area contributed by atoms with E-state index in [1.165, 1.54) is 22.3 Å². The monoisotopic (exact) mass is 210 g/mol. The number of fused-ring (bicyclic) bond motifs is 2. The van der Waals surface area contributed by atoms with Crippen LogP contribution in [-0.2, 0) is 6.42 Å². The average molecular weight is 210 g/mol. The predicted molar refractivity (Wildman–Crippen MR) is 66.5 cm³/mol. The van der Waals surface area contributed by atoms with E-state index in [1.54, 1.807) is 0 Å². The molecule has 2 aromatic rings. The standard InChI is InChI=1S/C14H10S/c15-14-12-7-3-1-5-10(12)9-11-6-2-4-8-13(11)14/h1-8H,9H2. The molecule has 0 saturated carbocycles. The maximum absolute atomic E-state index is 5.52. The first kappa shape index (κ1) is 8.81. The molecule has 0 bridgehead atoms. The van der Waals surface area contributed by atoms with E-state index >= 15 is 0 Å². The molecule has 0 radical (unpaired) electrons. The van der Waals surface area contributed by atoms with Crippen molar-refractivity contribution in [3.8, 4) is 0 Å². The normalized spacial score (nSPS) is 13.2. The molecule has 0 amide bonds. The summed E-state index contributed by atoms with van der Waals surface area (Å²) >= 11 is 5.52. The van der Waals surface area contributed by atoms with Crippen LogP contribution in [0, 0.1) is 0 Å². The second-order valence-electron chi connectivity index (χ2n) is 3.82. The molecule has 0 heterocycles. The molecule has 0 unspecified atom stereocenters. The van der Waals surface area contributed by atoms with Crippen molar-refractivity contribution in [3.05, 3.63) is 70.8 Å². The van der Waals surface area contributed by atoms with Crippen LogP contribution >= 0.6 is 12.2 Å². The third-order valence-corrected chi connectivity index (χ3v) is 3.34. The number of rotatable bonds is 0. The summed E-state index contributed by atoms with van der Waals surface area (Å²) in [5, 5.41) is 0. The molecule has 0 aromatic heterocycles. The van der Waals surface area contributed by atoms with E-state index in [4.69, 9.17) is 12.2 Å². The van der Waals surface area contributed by atoms with Gasteiger partial charge in [0.2, 0.25) is 0 Å². The van der Waals surface area contributed by atoms with Crippen molar-refractivity contribution < 1.29 is 0 Å². The van der Waals surface area contributed by atoms with Crippen LogP contribution in [0.15, 0.2) is 48.5 Å². The summed E-state index contributed by atoms with van der Waals surface area (Å²) in [6.45, 7) is 0. The predicted octanol–water partition coefficient (Wildman–Crippen LogP) is 3.36. The highest BCUT2D eigenvalue weighted by molar-refractivity contribution is 7.81. The molecule has 15 heavy (non-hydrogen) atoms. The zero-order chi connectivity index (χ0) is 10.3. The van der Waals surface area contributed by atoms with Crippen molar-refractivity contribution in [1.82, 2.24) is 0 Å². The van der Waals surface area contributed by atoms with Gasteiger partial charge in [-0.1, -0.05) is 60.7 Å². The fourth-order valence-corrected chi connectivity index (χ4v) is 2.54. The van der Waals surface area contributed by atoms with Crippen molar-refractivity contribution in [3.63, 3.8) is 0 Å². The van der Waals surface area contributed by atoms with Crippen molar-refractivity contribution in [1.29, 1.82) is 0 Å². The SMILES string of the molecule is S=C1c2ccccc2Cc2ccccc21. The molecule has 0 nitrogen and oxygen atoms in total. The summed E-state index contributed by atoms with van der Waals surface area (Å²) in [5.74, 6) is 0. The van der Waals surface area contributed by atoms with Gasteiger partial charge in [0.1, 0.15) is 0 Å². The Morgan fingerprint density at radius 2 is 1.20 bits per heavy atom. The Kier molecular flexibility index (Phi) is 1.93. The van der Waals surface area contributed by atoms with Gasteiger partial charge in [-0.2, -0.15) is 0 Å². The molecule has 0 fully saturated rings. The molecule has 1 heteroatoms. The van der Waals surface area contributed by atoms with E-state index in [9.17, 15) is 0 Å². The Balaban J connectivity index is 2.24. The maximum atomic E-state index is 5.52. The number of thiocarbonyl (C=S) groups is 1. The van der Waals surface area contributed by atoms with Crippen LogP contribution in [-0.4, -0.2) is 4.86 Å². The molecule has 0 aliphatic heterocycles. The highest BCUT2D eigenvalue weighted by Crippen LogP contribution is 2.27. The summed E-state index contributed by atoms with van der Waals surface area (Å²) in [5.41, 5.74) is 5.15. The second-order valence-corrected chi connectivity index (χ2v) is 4.23. The zero-order valence-electron chi connectivity index (χ0n) is 8.23. The Hall–Kier alpha value is -1.47. The van der Waals surface area contributed by atoms with Crippen LogP contribution in [0.3, 0.4) is 0 Å². The van der Waals surface area contributed by atoms with Gasteiger partial charge in [-0.05, 0) is 28.7 Å². The van der Waals surface area contributed by atoms with Gasteiger partial charge in [0, 0.05) is 0 Å². The summed E-state index contributed by atoms with van der Waals surface area (Å²) in [4.78, 5) is 0.993. The van der Waals surface area contributed by atoms with E-state index in [1.807, 2.05) is 0 Å². The van der Waals surface area contributed by atoms with Crippen molar-refractivity contribution in [2.75, 3.05) is 0 Å². The van der Waals surface area contributed by atoms with Crippen molar-refractivity contribution in [2.24, 2.45) is 0 Å². The van der Waals surface area contributed by atoms with Gasteiger partial charge in [-0.25, -0.2) is 0 Å². The minimum atomic E-state index is 0.993. The molecule has 0 atom stereocenters. The van der Waals surface area contributed by atoms with Crippen LogP contribution < -0.4 is 0 Å². The van der Waals surface area contributed by atoms with E-state index in [0.29, 0.717) is 0 Å². The molecule has 0 N–H and O–H groups in total. The molecule has 0 saturated heterocycles. The first-order valence-electron chi connectivity index (χ1n) is 5.07. The minimum absolute atomic E-state index is 0.993. The first-order valence-corrected chi connectivity index (χ1v) is 5.47. The van der Waals surface area contributed by atoms with Crippen molar-refractivity contribution in [2.45, 2.75) is 6.42 Å². The van der Waals surface area contributed by atoms with Crippen LogP contribution in [0.2, 0.25) is 0 Å². The largest absolute Gasteiger partial charge is 0.0788 e. The molecular weight excluding hydrogens is 200 g/mol. The summed E-state index contributed by atoms with van der Waals surface area (Å²) in [6.07, 6.45) is 1.01. The zero-order valence-corrected chi connectivity index (χ0v) is 9.05. The van der Waals surface area contributed by atoms with E-state index in [0.717, 1.165) is 11.3 Å². The highest BCUT2D eigenvalue weighted by atomic mass is 32.1. The lowest BCUT2D eigenvalue weighted by Gasteiger charge is -2.19. The van der Waals surface area contributed by atoms with Gasteiger partial charge in [0.15, 0.2) is 0 Å². The molecule has 2 aromatic carbocycles. The summed E-state index contributed by atoms with van der Waals surface area (Å²) in [7, 11) is 0. The molecule has 0 spiro atoms. The van der Waals surface area contributed by atoms with Gasteiger partial charge in [0.05, 0.1) is 4.86 Å². The number of hydrogen-bond acceptors (Lipinski definition) is 1. The number of hydrogen-bond donors (Lipinski definition) is 0. The van der Waals surface area contributed by atoms with E-state index in [-0.39, 0.29) is 0 Å². The molecule has 1 aliphatic carbocycles. The highest BCUT2D eigenvalue weighted by Gasteiger charge is 2.18. The lowest BCUT2D eigenvalue weighted by atomic mass is 9.86. The van der Waals surface area contributed by atoms with Crippen LogP contribution in [0.25, 0.3) is 0 Å². The van der Waals surface area contributed by atoms with Crippen LogP contribution in [0.1, 0.15) is 22.3 Å². The van der Waals surface area contributed by atoms with Gasteiger partial charge in [0.25, 0.3) is 0 Å². The third kappa shape index (κ3) is 1.31. The molecule has 3 rings (SSSR count). The number of benzene rings is 2. The lowest BCUT2D eigenvalue weighted by molar-refractivity contribution is 1.16. The molecule has 1 aliphatic rings. The van der Waals surface area contributed by atoms with Gasteiger partial charge >= 0.3 is 0 Å². The van der Waals surface area contributed by atoms with Gasteiger partial charge in [-0.15, -0.1) is 0 Å². The summed E-state index contributed by atoms with van der Waals surface area (Å²) < 4.78 is 0. The minimum Gasteiger partial charge on any atom is -0.0788 e. The fourth-order valence-electron chi connectivity index (χ4n) is 2.14. The fraction of sp³-hybridized carbons (Fsp3) is 0.0714. The van der Waals surface area contributed by atoms with E-state index in [2.05, 4.69) is 48.5 Å². The Bertz CT molecular complexity index is 493. The Morgan fingerprint density at radius 3 is 1.73 bits per heavy atom. The quantitative estimate of drug-likeness (QED) is 0.513. The maximum Gasteiger partial charge on any atom is 0.0527 e. The molecular formula is C14H10S. The lowest BCUT2D eigenvalue weighted by Crippen LogP contribution is -2.13. The third-order valence-electron chi connectivity index (χ3n) is 2.90. The Morgan fingerprint density at radius 1 is 0.733 bits per heavy atom. The average Bonchev–Trinajstić information content (AvgIpc) is 2.30. The van der Waals surface area contributed by atoms with Crippen LogP contribution in [0.5, 0.6) is 0 Å². The summed E-state index contributed by atoms with van der Waals surface area (Å²) in [6, 6.07) is 16.8. The van der Waals surface area contributed by atoms with Gasteiger partial charge < -0.3 is 0 Å². The second kappa shape index (κ2) is 3.28. The van der Waals surface area contributed by atoms with Gasteiger partial charge in [-0.3, -0.25) is 0 Å². The smallest absolute Gasteiger partial charge is 0.0527 e. The van der Waals surface area contributed by atoms with Crippen molar-refractivity contribution >= 4 is 17.1 Å². The van der Waals surface area contributed by atoms with Crippen LogP contribution in [0.4, 0.5) is 0 Å². The first-order chi connectivity index (χ1) is 7.36. The Labute approximate surface area is 94.6 Å². The molecule has 72 valence electrons.